The lowest BCUT2D eigenvalue weighted by Crippen LogP contribution is -2.23. The predicted molar refractivity (Wildman–Crippen MR) is 111 cm³/mol. The van der Waals surface area contributed by atoms with Crippen LogP contribution in [0, 0.1) is 6.92 Å². The second kappa shape index (κ2) is 10.1. The first-order valence-corrected chi connectivity index (χ1v) is 9.30. The molecule has 0 aliphatic carbocycles. The monoisotopic (exact) mass is 392 g/mol. The van der Waals surface area contributed by atoms with Crippen molar-refractivity contribution in [2.24, 2.45) is 0 Å². The average molecular weight is 392 g/mol. The number of carbonyl (C=O) groups excluding carboxylic acids is 1. The van der Waals surface area contributed by atoms with E-state index in [9.17, 15) is 4.79 Å². The maximum Gasteiger partial charge on any atom is 0.254 e. The van der Waals surface area contributed by atoms with Gasteiger partial charge in [-0.3, -0.25) is 4.79 Å². The van der Waals surface area contributed by atoms with Crippen LogP contribution in [0.1, 0.15) is 21.5 Å². The highest BCUT2D eigenvalue weighted by Gasteiger charge is 2.07. The number of nitrogens with one attached hydrogen (secondary N) is 2. The van der Waals surface area contributed by atoms with E-state index in [1.54, 1.807) is 7.11 Å². The smallest absolute Gasteiger partial charge is 0.254 e. The molecule has 2 aromatic carbocycles. The minimum Gasteiger partial charge on any atom is -0.497 e. The summed E-state index contributed by atoms with van der Waals surface area (Å²) in [6.07, 6.45) is 3.01. The Morgan fingerprint density at radius 3 is 2.45 bits per heavy atom. The molecule has 29 heavy (non-hydrogen) atoms. The number of ether oxygens (including phenoxy) is 2. The summed E-state index contributed by atoms with van der Waals surface area (Å²) in [6.45, 7) is 3.47. The van der Waals surface area contributed by atoms with Crippen molar-refractivity contribution in [3.63, 3.8) is 0 Å². The van der Waals surface area contributed by atoms with Gasteiger partial charge in [-0.2, -0.15) is 0 Å². The first-order valence-electron chi connectivity index (χ1n) is 9.30. The van der Waals surface area contributed by atoms with Gasteiger partial charge in [0.25, 0.3) is 5.91 Å². The summed E-state index contributed by atoms with van der Waals surface area (Å²) in [4.78, 5) is 20.6. The molecule has 0 unspecified atom stereocenters. The zero-order valence-electron chi connectivity index (χ0n) is 16.5. The minimum absolute atomic E-state index is 0.208. The Labute approximate surface area is 170 Å². The highest BCUT2D eigenvalue weighted by Crippen LogP contribution is 2.16. The number of nitrogens with zero attached hydrogens (tertiary/aromatic N) is 2. The Kier molecular flexibility index (Phi) is 7.00. The van der Waals surface area contributed by atoms with Crippen LogP contribution in [0.15, 0.2) is 60.9 Å². The van der Waals surface area contributed by atoms with E-state index in [-0.39, 0.29) is 5.91 Å². The minimum atomic E-state index is -0.208. The number of amides is 1. The highest BCUT2D eigenvalue weighted by molar-refractivity contribution is 5.93. The number of aromatic nitrogens is 2. The van der Waals surface area contributed by atoms with Crippen LogP contribution in [0.2, 0.25) is 0 Å². The van der Waals surface area contributed by atoms with Crippen LogP contribution in [0.3, 0.4) is 0 Å². The molecular formula is C22H24N4O3. The molecule has 0 radical (unpaired) electrons. The number of aryl methyl sites for hydroxylation is 1. The second-order valence-electron chi connectivity index (χ2n) is 6.42. The topological polar surface area (TPSA) is 85.4 Å². The Morgan fingerprint density at radius 1 is 1.03 bits per heavy atom. The lowest BCUT2D eigenvalue weighted by Gasteiger charge is -2.09. The molecule has 2 N–H and O–H groups in total. The molecule has 0 saturated carbocycles. The largest absolute Gasteiger partial charge is 0.497 e. The van der Waals surface area contributed by atoms with Crippen molar-refractivity contribution in [1.82, 2.24) is 15.3 Å². The van der Waals surface area contributed by atoms with E-state index in [4.69, 9.17) is 9.47 Å². The Bertz CT molecular complexity index is 928. The molecule has 0 atom stereocenters. The molecule has 1 aromatic heterocycles. The fraction of sp³-hybridized carbons (Fsp3) is 0.227. The molecule has 1 heterocycles. The number of rotatable bonds is 9. The van der Waals surface area contributed by atoms with Crippen LogP contribution in [-0.2, 0) is 6.54 Å². The molecular weight excluding hydrogens is 368 g/mol. The molecule has 3 rings (SSSR count). The SMILES string of the molecule is COc1ccc(OCCNc2ncc(C(=O)NCc3cccc(C)c3)cn2)cc1. The van der Waals surface area contributed by atoms with Gasteiger partial charge in [0.1, 0.15) is 18.1 Å². The molecule has 3 aromatic rings. The van der Waals surface area contributed by atoms with Crippen LogP contribution < -0.4 is 20.1 Å². The van der Waals surface area contributed by atoms with Crippen LogP contribution in [0.4, 0.5) is 5.95 Å². The van der Waals surface area contributed by atoms with Crippen LogP contribution in [-0.4, -0.2) is 36.1 Å². The first-order chi connectivity index (χ1) is 14.1. The number of hydrogen-bond donors (Lipinski definition) is 2. The second-order valence-corrected chi connectivity index (χ2v) is 6.42. The molecule has 1 amide bonds. The van der Waals surface area contributed by atoms with Gasteiger partial charge in [-0.1, -0.05) is 29.8 Å². The molecule has 7 nitrogen and oxygen atoms in total. The zero-order valence-corrected chi connectivity index (χ0v) is 16.5. The molecule has 7 heteroatoms. The number of carbonyl (C=O) groups is 1. The number of methoxy groups -OCH3 is 1. The third-order valence-corrected chi connectivity index (χ3v) is 4.16. The molecule has 0 spiro atoms. The quantitative estimate of drug-likeness (QED) is 0.544. The van der Waals surface area contributed by atoms with Crippen molar-refractivity contribution >= 4 is 11.9 Å². The summed E-state index contributed by atoms with van der Waals surface area (Å²) in [5.41, 5.74) is 2.62. The standard InChI is InChI=1S/C22H24N4O3/c1-16-4-3-5-17(12-16)13-24-21(27)18-14-25-22(26-15-18)23-10-11-29-20-8-6-19(28-2)7-9-20/h3-9,12,14-15H,10-11,13H2,1-2H3,(H,24,27)(H,23,25,26). The Hall–Kier alpha value is -3.61. The highest BCUT2D eigenvalue weighted by atomic mass is 16.5. The molecule has 0 bridgehead atoms. The third kappa shape index (κ3) is 6.21. The van der Waals surface area contributed by atoms with Crippen molar-refractivity contribution in [2.75, 3.05) is 25.6 Å². The van der Waals surface area contributed by atoms with E-state index in [1.165, 1.54) is 12.4 Å². The summed E-state index contributed by atoms with van der Waals surface area (Å²) < 4.78 is 10.7. The van der Waals surface area contributed by atoms with Crippen molar-refractivity contribution < 1.29 is 14.3 Å². The van der Waals surface area contributed by atoms with E-state index in [1.807, 2.05) is 55.5 Å². The summed E-state index contributed by atoms with van der Waals surface area (Å²) >= 11 is 0. The molecule has 150 valence electrons. The number of benzene rings is 2. The van der Waals surface area contributed by atoms with Gasteiger partial charge in [0, 0.05) is 18.9 Å². The summed E-state index contributed by atoms with van der Waals surface area (Å²) in [5.74, 6) is 1.78. The van der Waals surface area contributed by atoms with E-state index in [2.05, 4.69) is 20.6 Å². The molecule has 0 aliphatic heterocycles. The van der Waals surface area contributed by atoms with Gasteiger partial charge in [0.05, 0.1) is 19.2 Å². The van der Waals surface area contributed by atoms with Crippen molar-refractivity contribution in [3.8, 4) is 11.5 Å². The van der Waals surface area contributed by atoms with Crippen LogP contribution in [0.5, 0.6) is 11.5 Å². The van der Waals surface area contributed by atoms with Gasteiger partial charge >= 0.3 is 0 Å². The van der Waals surface area contributed by atoms with Crippen molar-refractivity contribution in [1.29, 1.82) is 0 Å². The van der Waals surface area contributed by atoms with Crippen molar-refractivity contribution in [2.45, 2.75) is 13.5 Å². The normalized spacial score (nSPS) is 10.3. The average Bonchev–Trinajstić information content (AvgIpc) is 2.76. The maximum atomic E-state index is 12.2. The summed E-state index contributed by atoms with van der Waals surface area (Å²) in [6, 6.07) is 15.4. The summed E-state index contributed by atoms with van der Waals surface area (Å²) in [7, 11) is 1.62. The van der Waals surface area contributed by atoms with Gasteiger partial charge in [-0.05, 0) is 36.8 Å². The first kappa shape index (κ1) is 20.1. The third-order valence-electron chi connectivity index (χ3n) is 4.16. The van der Waals surface area contributed by atoms with Gasteiger partial charge in [-0.15, -0.1) is 0 Å². The molecule has 0 fully saturated rings. The lowest BCUT2D eigenvalue weighted by molar-refractivity contribution is 0.0950. The van der Waals surface area contributed by atoms with E-state index < -0.39 is 0 Å². The van der Waals surface area contributed by atoms with Crippen LogP contribution in [0.25, 0.3) is 0 Å². The zero-order chi connectivity index (χ0) is 20.5. The van der Waals surface area contributed by atoms with Gasteiger partial charge in [0.2, 0.25) is 5.95 Å². The maximum absolute atomic E-state index is 12.2. The fourth-order valence-electron chi connectivity index (χ4n) is 2.65. The van der Waals surface area contributed by atoms with Gasteiger partial charge in [-0.25, -0.2) is 9.97 Å². The number of hydrogen-bond acceptors (Lipinski definition) is 6. The van der Waals surface area contributed by atoms with E-state index in [0.29, 0.717) is 31.2 Å². The van der Waals surface area contributed by atoms with Gasteiger partial charge in [0.15, 0.2) is 0 Å². The van der Waals surface area contributed by atoms with E-state index in [0.717, 1.165) is 22.6 Å². The Morgan fingerprint density at radius 2 is 1.76 bits per heavy atom. The molecule has 0 saturated heterocycles. The molecule has 0 aliphatic rings. The number of anilines is 1. The van der Waals surface area contributed by atoms with Gasteiger partial charge < -0.3 is 20.1 Å². The van der Waals surface area contributed by atoms with Crippen molar-refractivity contribution in [3.05, 3.63) is 77.6 Å². The van der Waals surface area contributed by atoms with Crippen LogP contribution >= 0.6 is 0 Å². The Balaban J connectivity index is 1.41. The predicted octanol–water partition coefficient (Wildman–Crippen LogP) is 3.21. The summed E-state index contributed by atoms with van der Waals surface area (Å²) in [5, 5.41) is 5.94. The van der Waals surface area contributed by atoms with E-state index >= 15 is 0 Å². The lowest BCUT2D eigenvalue weighted by atomic mass is 10.1. The fourth-order valence-corrected chi connectivity index (χ4v) is 2.65.